The quantitative estimate of drug-likeness (QED) is 0.890. The first-order valence-corrected chi connectivity index (χ1v) is 7.44. The van der Waals surface area contributed by atoms with E-state index >= 15 is 0 Å². The molecule has 0 radical (unpaired) electrons. The Hall–Kier alpha value is -1.76. The number of hydrogen-bond acceptors (Lipinski definition) is 4. The van der Waals surface area contributed by atoms with Gasteiger partial charge in [-0.25, -0.2) is 13.2 Å². The molecule has 1 N–H and O–H groups in total. The lowest BCUT2D eigenvalue weighted by molar-refractivity contribution is -0.139. The van der Waals surface area contributed by atoms with Crippen LogP contribution in [0.3, 0.4) is 0 Å². The van der Waals surface area contributed by atoms with E-state index in [9.17, 15) is 13.2 Å². The van der Waals surface area contributed by atoms with Gasteiger partial charge in [-0.05, 0) is 18.1 Å². The number of ether oxygens (including phenoxy) is 1. The fourth-order valence-electron chi connectivity index (χ4n) is 2.04. The minimum atomic E-state index is -3.28. The first kappa shape index (κ1) is 13.7. The number of aliphatic carboxylic acids is 1. The fourth-order valence-corrected chi connectivity index (χ4v) is 3.96. The summed E-state index contributed by atoms with van der Waals surface area (Å²) in [4.78, 5) is 10.4. The van der Waals surface area contributed by atoms with Crippen LogP contribution in [0.4, 0.5) is 5.69 Å². The Morgan fingerprint density at radius 3 is 2.84 bits per heavy atom. The molecule has 0 saturated carbocycles. The van der Waals surface area contributed by atoms with Crippen molar-refractivity contribution in [3.05, 3.63) is 24.3 Å². The molecule has 0 amide bonds. The molecule has 0 spiro atoms. The topological polar surface area (TPSA) is 83.9 Å². The van der Waals surface area contributed by atoms with Gasteiger partial charge in [-0.15, -0.1) is 0 Å². The smallest absolute Gasteiger partial charge is 0.341 e. The van der Waals surface area contributed by atoms with Gasteiger partial charge in [0, 0.05) is 12.6 Å². The van der Waals surface area contributed by atoms with E-state index in [2.05, 4.69) is 0 Å². The van der Waals surface area contributed by atoms with Crippen molar-refractivity contribution in [3.8, 4) is 5.75 Å². The van der Waals surface area contributed by atoms with E-state index in [1.807, 2.05) is 6.92 Å². The maximum absolute atomic E-state index is 11.9. The zero-order chi connectivity index (χ0) is 14.0. The Morgan fingerprint density at radius 2 is 2.26 bits per heavy atom. The van der Waals surface area contributed by atoms with Crippen molar-refractivity contribution < 1.29 is 23.1 Å². The highest BCUT2D eigenvalue weighted by atomic mass is 32.2. The van der Waals surface area contributed by atoms with Crippen molar-refractivity contribution in [2.75, 3.05) is 23.2 Å². The SMILES string of the molecule is CC1CN(c2cccc(OCC(=O)O)c2)S(=O)(=O)C1. The molecule has 1 atom stereocenters. The van der Waals surface area contributed by atoms with Crippen LogP contribution in [0.1, 0.15) is 6.92 Å². The lowest BCUT2D eigenvalue weighted by Crippen LogP contribution is -2.25. The molecule has 1 heterocycles. The number of nitrogens with zero attached hydrogens (tertiary/aromatic N) is 1. The number of carboxylic acids is 1. The first-order valence-electron chi connectivity index (χ1n) is 5.83. The highest BCUT2D eigenvalue weighted by molar-refractivity contribution is 7.93. The molecule has 0 aliphatic carbocycles. The molecule has 1 fully saturated rings. The van der Waals surface area contributed by atoms with Gasteiger partial charge in [-0.2, -0.15) is 0 Å². The summed E-state index contributed by atoms with van der Waals surface area (Å²) in [5.41, 5.74) is 0.507. The molecule has 1 saturated heterocycles. The second-order valence-electron chi connectivity index (χ2n) is 4.59. The molecule has 104 valence electrons. The Bertz CT molecular complexity index is 584. The standard InChI is InChI=1S/C12H15NO5S/c1-9-6-13(19(16,17)8-9)10-3-2-4-11(5-10)18-7-12(14)15/h2-5,9H,6-8H2,1H3,(H,14,15). The summed E-state index contributed by atoms with van der Waals surface area (Å²) in [6.45, 7) is 1.86. The van der Waals surface area contributed by atoms with E-state index in [1.165, 1.54) is 4.31 Å². The van der Waals surface area contributed by atoms with Crippen LogP contribution >= 0.6 is 0 Å². The summed E-state index contributed by atoms with van der Waals surface area (Å²) < 4.78 is 30.3. The van der Waals surface area contributed by atoms with Crippen LogP contribution in [0.25, 0.3) is 0 Å². The Labute approximate surface area is 111 Å². The first-order chi connectivity index (χ1) is 8.88. The molecular weight excluding hydrogens is 270 g/mol. The molecule has 0 aromatic heterocycles. The molecule has 1 aromatic rings. The van der Waals surface area contributed by atoms with E-state index in [-0.39, 0.29) is 11.7 Å². The Morgan fingerprint density at radius 1 is 1.53 bits per heavy atom. The lowest BCUT2D eigenvalue weighted by atomic mass is 10.2. The van der Waals surface area contributed by atoms with Gasteiger partial charge in [-0.3, -0.25) is 4.31 Å². The Balaban J connectivity index is 2.21. The number of sulfonamides is 1. The fraction of sp³-hybridized carbons (Fsp3) is 0.417. The van der Waals surface area contributed by atoms with Crippen LogP contribution in [0.5, 0.6) is 5.75 Å². The molecule has 1 aliphatic heterocycles. The predicted molar refractivity (Wildman–Crippen MR) is 69.9 cm³/mol. The van der Waals surface area contributed by atoms with Crippen LogP contribution in [-0.4, -0.2) is 38.4 Å². The van der Waals surface area contributed by atoms with E-state index in [1.54, 1.807) is 24.3 Å². The maximum atomic E-state index is 11.9. The van der Waals surface area contributed by atoms with Crippen LogP contribution in [0.2, 0.25) is 0 Å². The number of benzene rings is 1. The summed E-state index contributed by atoms with van der Waals surface area (Å²) in [6.07, 6.45) is 0. The van der Waals surface area contributed by atoms with Gasteiger partial charge in [0.05, 0.1) is 11.4 Å². The Kier molecular flexibility index (Phi) is 3.66. The van der Waals surface area contributed by atoms with Crippen molar-refractivity contribution in [3.63, 3.8) is 0 Å². The van der Waals surface area contributed by atoms with Crippen LogP contribution < -0.4 is 9.04 Å². The number of carboxylic acid groups (broad SMARTS) is 1. The molecule has 7 heteroatoms. The summed E-state index contributed by atoms with van der Waals surface area (Å²) in [5, 5.41) is 8.54. The summed E-state index contributed by atoms with van der Waals surface area (Å²) in [7, 11) is -3.28. The molecule has 6 nitrogen and oxygen atoms in total. The highest BCUT2D eigenvalue weighted by Gasteiger charge is 2.33. The van der Waals surface area contributed by atoms with Crippen LogP contribution in [0, 0.1) is 5.92 Å². The summed E-state index contributed by atoms with van der Waals surface area (Å²) in [5.74, 6) is -0.524. The number of rotatable bonds is 4. The van der Waals surface area contributed by atoms with Crippen molar-refractivity contribution >= 4 is 21.7 Å². The highest BCUT2D eigenvalue weighted by Crippen LogP contribution is 2.29. The summed E-state index contributed by atoms with van der Waals surface area (Å²) >= 11 is 0. The largest absolute Gasteiger partial charge is 0.482 e. The zero-order valence-corrected chi connectivity index (χ0v) is 11.3. The maximum Gasteiger partial charge on any atom is 0.341 e. The van der Waals surface area contributed by atoms with E-state index in [0.29, 0.717) is 18.0 Å². The number of hydrogen-bond donors (Lipinski definition) is 1. The van der Waals surface area contributed by atoms with Gasteiger partial charge in [0.25, 0.3) is 0 Å². The van der Waals surface area contributed by atoms with Crippen molar-refractivity contribution in [2.24, 2.45) is 5.92 Å². The zero-order valence-electron chi connectivity index (χ0n) is 10.4. The van der Waals surface area contributed by atoms with Gasteiger partial charge >= 0.3 is 5.97 Å². The van der Waals surface area contributed by atoms with Crippen molar-refractivity contribution in [1.29, 1.82) is 0 Å². The molecular formula is C12H15NO5S. The van der Waals surface area contributed by atoms with E-state index in [0.717, 1.165) is 0 Å². The third-order valence-corrected chi connectivity index (χ3v) is 4.80. The number of carbonyl (C=O) groups is 1. The third kappa shape index (κ3) is 3.17. The monoisotopic (exact) mass is 285 g/mol. The van der Waals surface area contributed by atoms with Gasteiger partial charge in [0.1, 0.15) is 5.75 Å². The minimum Gasteiger partial charge on any atom is -0.482 e. The van der Waals surface area contributed by atoms with Gasteiger partial charge in [0.2, 0.25) is 10.0 Å². The van der Waals surface area contributed by atoms with Crippen molar-refractivity contribution in [2.45, 2.75) is 6.92 Å². The predicted octanol–water partition coefficient (Wildman–Crippen LogP) is 0.936. The summed E-state index contributed by atoms with van der Waals surface area (Å²) in [6, 6.07) is 6.45. The molecule has 19 heavy (non-hydrogen) atoms. The van der Waals surface area contributed by atoms with Gasteiger partial charge < -0.3 is 9.84 Å². The van der Waals surface area contributed by atoms with Crippen LogP contribution in [-0.2, 0) is 14.8 Å². The molecule has 1 aromatic carbocycles. The van der Waals surface area contributed by atoms with Crippen LogP contribution in [0.15, 0.2) is 24.3 Å². The second kappa shape index (κ2) is 5.08. The normalized spacial score (nSPS) is 21.3. The van der Waals surface area contributed by atoms with E-state index < -0.39 is 22.6 Å². The lowest BCUT2D eigenvalue weighted by Gasteiger charge is -2.17. The molecule has 0 bridgehead atoms. The average Bonchev–Trinajstić information content (AvgIpc) is 2.60. The molecule has 1 unspecified atom stereocenters. The minimum absolute atomic E-state index is 0.0774. The molecule has 1 aliphatic rings. The third-order valence-electron chi connectivity index (χ3n) is 2.78. The second-order valence-corrected chi connectivity index (χ2v) is 6.53. The molecule has 2 rings (SSSR count). The van der Waals surface area contributed by atoms with Gasteiger partial charge in [-0.1, -0.05) is 13.0 Å². The number of anilines is 1. The van der Waals surface area contributed by atoms with Gasteiger partial charge in [0.15, 0.2) is 6.61 Å². The van der Waals surface area contributed by atoms with E-state index in [4.69, 9.17) is 9.84 Å². The van der Waals surface area contributed by atoms with Crippen molar-refractivity contribution in [1.82, 2.24) is 0 Å². The average molecular weight is 285 g/mol.